The van der Waals surface area contributed by atoms with Gasteiger partial charge < -0.3 is 4.90 Å². The van der Waals surface area contributed by atoms with Crippen LogP contribution in [-0.2, 0) is 14.8 Å². The van der Waals surface area contributed by atoms with Gasteiger partial charge in [0.1, 0.15) is 5.82 Å². The van der Waals surface area contributed by atoms with Crippen LogP contribution < -0.4 is 4.72 Å². The van der Waals surface area contributed by atoms with Gasteiger partial charge in [-0.05, 0) is 50.2 Å². The number of ketones is 1. The first-order valence-electron chi connectivity index (χ1n) is 7.77. The third kappa shape index (κ3) is 7.09. The summed E-state index contributed by atoms with van der Waals surface area (Å²) in [4.78, 5) is 25.9. The average molecular weight is 393 g/mol. The Bertz CT molecular complexity index is 701. The van der Waals surface area contributed by atoms with E-state index in [1.54, 1.807) is 0 Å². The fraction of sp³-hybridized carbons (Fsp3) is 0.500. The van der Waals surface area contributed by atoms with E-state index in [4.69, 9.17) is 0 Å². The number of hydrogen-bond acceptors (Lipinski definition) is 5. The van der Waals surface area contributed by atoms with E-state index >= 15 is 0 Å². The van der Waals surface area contributed by atoms with Crippen molar-refractivity contribution in [2.75, 3.05) is 25.9 Å². The molecule has 0 bridgehead atoms. The standard InChI is InChI=1S/C16H21FN2O4S.ClH/c1-24(22,23)18-15(20)8-11-19-9-6-13(7-10-19)16(21)12-2-4-14(17)5-3-12;/h2-5,13H,6-11H2,1H3,(H,18,20);1H. The molecule has 1 amide bonds. The Morgan fingerprint density at radius 1 is 1.20 bits per heavy atom. The van der Waals surface area contributed by atoms with E-state index in [-0.39, 0.29) is 36.3 Å². The highest BCUT2D eigenvalue weighted by molar-refractivity contribution is 7.89. The SMILES string of the molecule is CS(=O)(=O)NC(=O)CCN1CCC(C(=O)c2ccc(F)cc2)CC1.Cl. The number of likely N-dealkylation sites (tertiary alicyclic amines) is 1. The number of hydrogen-bond donors (Lipinski definition) is 1. The van der Waals surface area contributed by atoms with Gasteiger partial charge in [0, 0.05) is 24.4 Å². The summed E-state index contributed by atoms with van der Waals surface area (Å²) in [6, 6.07) is 5.56. The lowest BCUT2D eigenvalue weighted by Crippen LogP contribution is -2.39. The number of nitrogens with zero attached hydrogens (tertiary/aromatic N) is 1. The van der Waals surface area contributed by atoms with E-state index in [1.165, 1.54) is 24.3 Å². The Morgan fingerprint density at radius 2 is 1.76 bits per heavy atom. The molecule has 9 heteroatoms. The van der Waals surface area contributed by atoms with Crippen LogP contribution >= 0.6 is 12.4 Å². The molecule has 0 aromatic heterocycles. The Hall–Kier alpha value is -1.51. The van der Waals surface area contributed by atoms with Crippen molar-refractivity contribution < 1.29 is 22.4 Å². The maximum Gasteiger partial charge on any atom is 0.234 e. The Morgan fingerprint density at radius 3 is 2.28 bits per heavy atom. The first-order chi connectivity index (χ1) is 11.2. The van der Waals surface area contributed by atoms with Crippen molar-refractivity contribution in [1.82, 2.24) is 9.62 Å². The summed E-state index contributed by atoms with van der Waals surface area (Å²) < 4.78 is 36.8. The van der Waals surface area contributed by atoms with Crippen LogP contribution in [0.25, 0.3) is 0 Å². The molecule has 1 saturated heterocycles. The van der Waals surface area contributed by atoms with Gasteiger partial charge in [-0.2, -0.15) is 0 Å². The maximum atomic E-state index is 12.9. The molecule has 0 aliphatic carbocycles. The highest BCUT2D eigenvalue weighted by Crippen LogP contribution is 2.22. The van der Waals surface area contributed by atoms with Crippen molar-refractivity contribution in [3.63, 3.8) is 0 Å². The number of carbonyl (C=O) groups is 2. The summed E-state index contributed by atoms with van der Waals surface area (Å²) in [6.45, 7) is 1.80. The minimum Gasteiger partial charge on any atom is -0.303 e. The highest BCUT2D eigenvalue weighted by atomic mass is 35.5. The summed E-state index contributed by atoms with van der Waals surface area (Å²) in [7, 11) is -3.52. The fourth-order valence-electron chi connectivity index (χ4n) is 2.79. The Balaban J connectivity index is 0.00000312. The monoisotopic (exact) mass is 392 g/mol. The van der Waals surface area contributed by atoms with Gasteiger partial charge in [-0.15, -0.1) is 12.4 Å². The number of rotatable bonds is 6. The molecule has 140 valence electrons. The zero-order valence-corrected chi connectivity index (χ0v) is 15.5. The lowest BCUT2D eigenvalue weighted by molar-refractivity contribution is -0.119. The van der Waals surface area contributed by atoms with Gasteiger partial charge in [0.15, 0.2) is 5.78 Å². The minimum atomic E-state index is -3.52. The van der Waals surface area contributed by atoms with Crippen molar-refractivity contribution in [3.8, 4) is 0 Å². The van der Waals surface area contributed by atoms with Gasteiger partial charge in [-0.1, -0.05) is 0 Å². The number of sulfonamides is 1. The number of carbonyl (C=O) groups excluding carboxylic acids is 2. The molecule has 1 fully saturated rings. The third-order valence-corrected chi connectivity index (χ3v) is 4.64. The lowest BCUT2D eigenvalue weighted by Gasteiger charge is -2.31. The molecule has 25 heavy (non-hydrogen) atoms. The predicted molar refractivity (Wildman–Crippen MR) is 94.7 cm³/mol. The van der Waals surface area contributed by atoms with Crippen molar-refractivity contribution in [1.29, 1.82) is 0 Å². The summed E-state index contributed by atoms with van der Waals surface area (Å²) in [5, 5.41) is 0. The van der Waals surface area contributed by atoms with E-state index in [0.717, 1.165) is 6.26 Å². The lowest BCUT2D eigenvalue weighted by atomic mass is 9.89. The first-order valence-corrected chi connectivity index (χ1v) is 9.66. The molecule has 1 aromatic carbocycles. The molecule has 1 heterocycles. The summed E-state index contributed by atoms with van der Waals surface area (Å²) >= 11 is 0. The van der Waals surface area contributed by atoms with E-state index in [9.17, 15) is 22.4 Å². The van der Waals surface area contributed by atoms with Crippen LogP contribution in [0.3, 0.4) is 0 Å². The van der Waals surface area contributed by atoms with Crippen LogP contribution in [0.1, 0.15) is 29.6 Å². The van der Waals surface area contributed by atoms with Crippen molar-refractivity contribution in [2.45, 2.75) is 19.3 Å². The quantitative estimate of drug-likeness (QED) is 0.743. The number of Topliss-reactive ketones (excluding diaryl/α,β-unsaturated/α-hetero) is 1. The van der Waals surface area contributed by atoms with Gasteiger partial charge >= 0.3 is 0 Å². The molecule has 6 nitrogen and oxygen atoms in total. The second-order valence-corrected chi connectivity index (χ2v) is 7.78. The average Bonchev–Trinajstić information content (AvgIpc) is 2.52. The molecule has 0 radical (unpaired) electrons. The highest BCUT2D eigenvalue weighted by Gasteiger charge is 2.26. The molecule has 0 unspecified atom stereocenters. The van der Waals surface area contributed by atoms with Crippen molar-refractivity contribution in [3.05, 3.63) is 35.6 Å². The largest absolute Gasteiger partial charge is 0.303 e. The smallest absolute Gasteiger partial charge is 0.234 e. The van der Waals surface area contributed by atoms with E-state index in [0.29, 0.717) is 38.0 Å². The molecule has 1 aliphatic rings. The van der Waals surface area contributed by atoms with E-state index < -0.39 is 15.9 Å². The van der Waals surface area contributed by atoms with Crippen molar-refractivity contribution >= 4 is 34.1 Å². The molecule has 0 spiro atoms. The maximum absolute atomic E-state index is 12.9. The summed E-state index contributed by atoms with van der Waals surface area (Å²) in [5.74, 6) is -0.975. The number of halogens is 2. The zero-order chi connectivity index (χ0) is 17.7. The second kappa shape index (κ2) is 9.26. The molecule has 1 N–H and O–H groups in total. The van der Waals surface area contributed by atoms with Crippen LogP contribution in [0.4, 0.5) is 4.39 Å². The fourth-order valence-corrected chi connectivity index (χ4v) is 3.30. The molecule has 2 rings (SSSR count). The van der Waals surface area contributed by atoms with Crippen LogP contribution in [0.15, 0.2) is 24.3 Å². The van der Waals surface area contributed by atoms with Crippen LogP contribution in [0, 0.1) is 11.7 Å². The summed E-state index contributed by atoms with van der Waals surface area (Å²) in [5.41, 5.74) is 0.516. The van der Waals surface area contributed by atoms with Crippen LogP contribution in [-0.4, -0.2) is 50.9 Å². The Kier molecular flexibility index (Phi) is 7.98. The van der Waals surface area contributed by atoms with Crippen LogP contribution in [0.5, 0.6) is 0 Å². The van der Waals surface area contributed by atoms with Gasteiger partial charge in [0.2, 0.25) is 15.9 Å². The van der Waals surface area contributed by atoms with Gasteiger partial charge in [-0.3, -0.25) is 14.3 Å². The number of piperidine rings is 1. The van der Waals surface area contributed by atoms with Crippen molar-refractivity contribution in [2.24, 2.45) is 5.92 Å². The van der Waals surface area contributed by atoms with Gasteiger partial charge in [-0.25, -0.2) is 12.8 Å². The van der Waals surface area contributed by atoms with E-state index in [2.05, 4.69) is 0 Å². The third-order valence-electron chi connectivity index (χ3n) is 4.04. The Labute approximate surface area is 153 Å². The number of amides is 1. The van der Waals surface area contributed by atoms with Gasteiger partial charge in [0.05, 0.1) is 6.26 Å². The van der Waals surface area contributed by atoms with Gasteiger partial charge in [0.25, 0.3) is 0 Å². The second-order valence-electron chi connectivity index (χ2n) is 6.03. The predicted octanol–water partition coefficient (Wildman–Crippen LogP) is 1.61. The minimum absolute atomic E-state index is 0. The summed E-state index contributed by atoms with van der Waals surface area (Å²) in [6.07, 6.45) is 2.38. The number of benzene rings is 1. The zero-order valence-electron chi connectivity index (χ0n) is 13.9. The topological polar surface area (TPSA) is 83.6 Å². The molecular weight excluding hydrogens is 371 g/mol. The molecule has 1 aromatic rings. The molecule has 1 aliphatic heterocycles. The molecule has 0 saturated carbocycles. The molecule has 0 atom stereocenters. The first kappa shape index (κ1) is 21.5. The number of nitrogens with one attached hydrogen (secondary N) is 1. The van der Waals surface area contributed by atoms with Crippen LogP contribution in [0.2, 0.25) is 0 Å². The molecular formula is C16H22ClFN2O4S. The van der Waals surface area contributed by atoms with E-state index in [1.807, 2.05) is 9.62 Å². The normalized spacial score (nSPS) is 16.1.